The summed E-state index contributed by atoms with van der Waals surface area (Å²) >= 11 is 2.91. The minimum Gasteiger partial charge on any atom is -0.459 e. The van der Waals surface area contributed by atoms with Crippen LogP contribution in [0.4, 0.5) is 0 Å². The van der Waals surface area contributed by atoms with Crippen LogP contribution in [0.1, 0.15) is 29.8 Å². The fourth-order valence-electron chi connectivity index (χ4n) is 2.32. The quantitative estimate of drug-likeness (QED) is 0.273. The van der Waals surface area contributed by atoms with Gasteiger partial charge in [0.25, 0.3) is 5.91 Å². The Kier molecular flexibility index (Phi) is 6.78. The molecule has 0 fully saturated rings. The summed E-state index contributed by atoms with van der Waals surface area (Å²) in [6.45, 7) is 3.58. The molecular formula is C20H19N3O3S2. The van der Waals surface area contributed by atoms with Crippen LogP contribution in [0.15, 0.2) is 58.0 Å². The van der Waals surface area contributed by atoms with E-state index in [1.807, 2.05) is 24.3 Å². The molecule has 1 heterocycles. The van der Waals surface area contributed by atoms with Crippen LogP contribution in [0.3, 0.4) is 0 Å². The Morgan fingerprint density at radius 2 is 1.96 bits per heavy atom. The number of esters is 1. The zero-order chi connectivity index (χ0) is 19.9. The molecule has 1 aromatic heterocycles. The molecule has 3 rings (SSSR count). The molecule has 1 amide bonds. The van der Waals surface area contributed by atoms with Crippen LogP contribution in [0.5, 0.6) is 0 Å². The lowest BCUT2D eigenvalue weighted by Crippen LogP contribution is -2.20. The average Bonchev–Trinajstić information content (AvgIpc) is 3.09. The van der Waals surface area contributed by atoms with E-state index in [1.165, 1.54) is 18.0 Å². The van der Waals surface area contributed by atoms with Gasteiger partial charge in [0.2, 0.25) is 0 Å². The number of benzene rings is 2. The number of hydrogen-bond donors (Lipinski definition) is 1. The molecule has 0 aliphatic rings. The lowest BCUT2D eigenvalue weighted by atomic mass is 10.1. The number of aromatic nitrogens is 1. The fourth-order valence-corrected chi connectivity index (χ4v) is 4.18. The first-order valence-corrected chi connectivity index (χ1v) is 10.4. The average molecular weight is 414 g/mol. The van der Waals surface area contributed by atoms with Gasteiger partial charge < -0.3 is 4.74 Å². The van der Waals surface area contributed by atoms with Gasteiger partial charge in [-0.05, 0) is 32.0 Å². The van der Waals surface area contributed by atoms with E-state index in [4.69, 9.17) is 4.74 Å². The molecule has 0 radical (unpaired) electrons. The van der Waals surface area contributed by atoms with Crippen molar-refractivity contribution in [2.24, 2.45) is 5.10 Å². The molecule has 1 N–H and O–H groups in total. The Morgan fingerprint density at radius 1 is 1.21 bits per heavy atom. The van der Waals surface area contributed by atoms with E-state index in [1.54, 1.807) is 49.4 Å². The van der Waals surface area contributed by atoms with Crippen LogP contribution in [0.2, 0.25) is 0 Å². The van der Waals surface area contributed by atoms with Crippen LogP contribution < -0.4 is 5.43 Å². The summed E-state index contributed by atoms with van der Waals surface area (Å²) in [6.07, 6.45) is 1.23. The highest BCUT2D eigenvalue weighted by Gasteiger charge is 2.12. The lowest BCUT2D eigenvalue weighted by Gasteiger charge is -2.09. The summed E-state index contributed by atoms with van der Waals surface area (Å²) < 4.78 is 7.15. The minimum absolute atomic E-state index is 0.203. The standard InChI is InChI=1S/C20H19N3O3S2/c1-13(2)26-19(25)15-8-4-3-7-14(15)11-21-23-18(24)12-27-20-22-16-9-5-6-10-17(16)28-20/h3-11,13H,12H2,1-2H3,(H,23,24)/b21-11+. The van der Waals surface area contributed by atoms with Gasteiger partial charge in [-0.1, -0.05) is 42.1 Å². The molecule has 0 saturated heterocycles. The molecule has 0 bridgehead atoms. The number of thiazole rings is 1. The predicted molar refractivity (Wildman–Crippen MR) is 113 cm³/mol. The molecule has 2 aromatic carbocycles. The Hall–Kier alpha value is -2.71. The van der Waals surface area contributed by atoms with E-state index in [0.29, 0.717) is 11.1 Å². The Labute approximate surface area is 171 Å². The van der Waals surface area contributed by atoms with E-state index >= 15 is 0 Å². The van der Waals surface area contributed by atoms with E-state index in [-0.39, 0.29) is 17.8 Å². The van der Waals surface area contributed by atoms with Crippen molar-refractivity contribution in [3.05, 3.63) is 59.7 Å². The van der Waals surface area contributed by atoms with Gasteiger partial charge in [0.1, 0.15) is 0 Å². The van der Waals surface area contributed by atoms with Crippen molar-refractivity contribution in [3.63, 3.8) is 0 Å². The smallest absolute Gasteiger partial charge is 0.339 e. The predicted octanol–water partition coefficient (Wildman–Crippen LogP) is 4.10. The topological polar surface area (TPSA) is 80.6 Å². The number of para-hydroxylation sites is 1. The summed E-state index contributed by atoms with van der Waals surface area (Å²) in [5, 5.41) is 3.96. The SMILES string of the molecule is CC(C)OC(=O)c1ccccc1/C=N/NC(=O)CSc1nc2ccccc2s1. The summed E-state index contributed by atoms with van der Waals surface area (Å²) in [5.74, 6) is -0.466. The fraction of sp³-hybridized carbons (Fsp3) is 0.200. The molecule has 6 nitrogen and oxygen atoms in total. The molecule has 0 spiro atoms. The zero-order valence-electron chi connectivity index (χ0n) is 15.4. The van der Waals surface area contributed by atoms with Crippen LogP contribution in [-0.4, -0.2) is 34.9 Å². The molecule has 0 atom stereocenters. The maximum absolute atomic E-state index is 12.1. The molecule has 0 aliphatic heterocycles. The second-order valence-corrected chi connectivity index (χ2v) is 8.32. The molecule has 0 saturated carbocycles. The second-order valence-electron chi connectivity index (χ2n) is 6.07. The van der Waals surface area contributed by atoms with Gasteiger partial charge in [-0.2, -0.15) is 5.10 Å². The highest BCUT2D eigenvalue weighted by Crippen LogP contribution is 2.28. The number of nitrogens with one attached hydrogen (secondary N) is 1. The molecule has 0 aliphatic carbocycles. The van der Waals surface area contributed by atoms with Crippen molar-refractivity contribution in [3.8, 4) is 0 Å². The second kappa shape index (κ2) is 9.48. The third-order valence-corrected chi connectivity index (χ3v) is 5.70. The van der Waals surface area contributed by atoms with Crippen LogP contribution >= 0.6 is 23.1 Å². The highest BCUT2D eigenvalue weighted by atomic mass is 32.2. The summed E-state index contributed by atoms with van der Waals surface area (Å²) in [7, 11) is 0. The van der Waals surface area contributed by atoms with E-state index in [2.05, 4.69) is 15.5 Å². The number of amides is 1. The van der Waals surface area contributed by atoms with E-state index in [0.717, 1.165) is 14.6 Å². The molecule has 8 heteroatoms. The number of thioether (sulfide) groups is 1. The lowest BCUT2D eigenvalue weighted by molar-refractivity contribution is -0.118. The van der Waals surface area contributed by atoms with Gasteiger partial charge in [0.05, 0.1) is 33.9 Å². The van der Waals surface area contributed by atoms with Gasteiger partial charge in [-0.3, -0.25) is 4.79 Å². The first-order valence-electron chi connectivity index (χ1n) is 8.63. The Morgan fingerprint density at radius 3 is 2.75 bits per heavy atom. The van der Waals surface area contributed by atoms with Gasteiger partial charge >= 0.3 is 5.97 Å². The molecule has 28 heavy (non-hydrogen) atoms. The largest absolute Gasteiger partial charge is 0.459 e. The summed E-state index contributed by atoms with van der Waals surface area (Å²) in [5.41, 5.74) is 4.38. The number of carbonyl (C=O) groups excluding carboxylic acids is 2. The van der Waals surface area contributed by atoms with E-state index < -0.39 is 5.97 Å². The number of rotatable bonds is 7. The van der Waals surface area contributed by atoms with Gasteiger partial charge in [-0.15, -0.1) is 11.3 Å². The zero-order valence-corrected chi connectivity index (χ0v) is 17.0. The van der Waals surface area contributed by atoms with Crippen LogP contribution in [-0.2, 0) is 9.53 Å². The minimum atomic E-state index is -0.422. The van der Waals surface area contributed by atoms with Crippen molar-refractivity contribution in [1.82, 2.24) is 10.4 Å². The molecule has 3 aromatic rings. The number of hydrazone groups is 1. The number of nitrogens with zero attached hydrogens (tertiary/aromatic N) is 2. The molecule has 144 valence electrons. The van der Waals surface area contributed by atoms with Crippen molar-refractivity contribution in [2.75, 3.05) is 5.75 Å². The van der Waals surface area contributed by atoms with Crippen LogP contribution in [0.25, 0.3) is 10.2 Å². The normalized spacial score (nSPS) is 11.2. The van der Waals surface area contributed by atoms with Crippen molar-refractivity contribution in [1.29, 1.82) is 0 Å². The Bertz CT molecular complexity index is 982. The number of hydrogen-bond acceptors (Lipinski definition) is 7. The van der Waals surface area contributed by atoms with Gasteiger partial charge in [-0.25, -0.2) is 15.2 Å². The maximum atomic E-state index is 12.1. The van der Waals surface area contributed by atoms with Crippen molar-refractivity contribution < 1.29 is 14.3 Å². The van der Waals surface area contributed by atoms with Gasteiger partial charge in [0, 0.05) is 5.56 Å². The van der Waals surface area contributed by atoms with Crippen molar-refractivity contribution in [2.45, 2.75) is 24.3 Å². The summed E-state index contributed by atoms with van der Waals surface area (Å²) in [6, 6.07) is 14.8. The van der Waals surface area contributed by atoms with E-state index in [9.17, 15) is 9.59 Å². The third-order valence-electron chi connectivity index (χ3n) is 3.52. The number of fused-ring (bicyclic) bond motifs is 1. The third kappa shape index (κ3) is 5.40. The first kappa shape index (κ1) is 20.0. The van der Waals surface area contributed by atoms with Crippen molar-refractivity contribution >= 4 is 51.4 Å². The monoisotopic (exact) mass is 413 g/mol. The molecule has 0 unspecified atom stereocenters. The summed E-state index contributed by atoms with van der Waals surface area (Å²) in [4.78, 5) is 28.6. The van der Waals surface area contributed by atoms with Gasteiger partial charge in [0.15, 0.2) is 4.34 Å². The maximum Gasteiger partial charge on any atom is 0.339 e. The highest BCUT2D eigenvalue weighted by molar-refractivity contribution is 8.01. The Balaban J connectivity index is 1.55. The first-order chi connectivity index (χ1) is 13.5. The van der Waals surface area contributed by atoms with Crippen LogP contribution in [0, 0.1) is 0 Å². The molecular weight excluding hydrogens is 394 g/mol. The number of carbonyl (C=O) groups is 2. The number of ether oxygens (including phenoxy) is 1.